The minimum Gasteiger partial charge on any atom is -0.394 e. The van der Waals surface area contributed by atoms with Gasteiger partial charge in [-0.25, -0.2) is 0 Å². The number of rotatable bonds is 4. The van der Waals surface area contributed by atoms with Crippen LogP contribution < -0.4 is 0 Å². The van der Waals surface area contributed by atoms with Crippen molar-refractivity contribution in [3.63, 3.8) is 0 Å². The van der Waals surface area contributed by atoms with E-state index in [9.17, 15) is 25.5 Å². The highest BCUT2D eigenvalue weighted by Gasteiger charge is 2.49. The van der Waals surface area contributed by atoms with Crippen molar-refractivity contribution in [1.82, 2.24) is 0 Å². The van der Waals surface area contributed by atoms with Crippen LogP contribution in [0.4, 0.5) is 0 Å². The second-order valence-electron chi connectivity index (χ2n) is 6.91. The van der Waals surface area contributed by atoms with Crippen molar-refractivity contribution in [2.24, 2.45) is 5.92 Å². The van der Waals surface area contributed by atoms with Gasteiger partial charge in [-0.1, -0.05) is 13.5 Å². The van der Waals surface area contributed by atoms with Crippen LogP contribution >= 0.6 is 0 Å². The Hall–Kier alpha value is -0.540. The van der Waals surface area contributed by atoms with Crippen molar-refractivity contribution in [3.05, 3.63) is 12.2 Å². The monoisotopic (exact) mass is 332 g/mol. The average molecular weight is 332 g/mol. The molecule has 1 aliphatic carbocycles. The summed E-state index contributed by atoms with van der Waals surface area (Å²) in [4.78, 5) is 0. The van der Waals surface area contributed by atoms with Crippen molar-refractivity contribution >= 4 is 0 Å². The molecule has 0 aromatic carbocycles. The predicted molar refractivity (Wildman–Crippen MR) is 81.4 cm³/mol. The molecule has 0 amide bonds. The number of aliphatic hydroxyl groups excluding tert-OH is 4. The lowest BCUT2D eigenvalue weighted by atomic mass is 9.74. The Labute approximate surface area is 136 Å². The third-order valence-corrected chi connectivity index (χ3v) is 5.05. The van der Waals surface area contributed by atoms with Gasteiger partial charge >= 0.3 is 0 Å². The molecule has 2 rings (SSSR count). The second kappa shape index (κ2) is 7.14. The van der Waals surface area contributed by atoms with Crippen LogP contribution in [0.15, 0.2) is 12.2 Å². The molecule has 7 nitrogen and oxygen atoms in total. The van der Waals surface area contributed by atoms with Crippen LogP contribution in [-0.2, 0) is 9.47 Å². The van der Waals surface area contributed by atoms with Crippen LogP contribution in [0.2, 0.25) is 0 Å². The molecule has 0 bridgehead atoms. The summed E-state index contributed by atoms with van der Waals surface area (Å²) in [6, 6.07) is 0. The second-order valence-corrected chi connectivity index (χ2v) is 6.91. The highest BCUT2D eigenvalue weighted by atomic mass is 16.7. The van der Waals surface area contributed by atoms with Gasteiger partial charge in [0.2, 0.25) is 0 Å². The molecule has 134 valence electrons. The van der Waals surface area contributed by atoms with Crippen molar-refractivity contribution in [1.29, 1.82) is 0 Å². The quantitative estimate of drug-likeness (QED) is 0.432. The first-order valence-electron chi connectivity index (χ1n) is 8.05. The Morgan fingerprint density at radius 1 is 1.26 bits per heavy atom. The van der Waals surface area contributed by atoms with E-state index in [0.717, 1.165) is 6.42 Å². The molecule has 23 heavy (non-hydrogen) atoms. The molecule has 0 spiro atoms. The number of hydrogen-bond acceptors (Lipinski definition) is 7. The van der Waals surface area contributed by atoms with Crippen molar-refractivity contribution in [2.75, 3.05) is 6.61 Å². The van der Waals surface area contributed by atoms with Crippen molar-refractivity contribution < 1.29 is 35.0 Å². The summed E-state index contributed by atoms with van der Waals surface area (Å²) < 4.78 is 11.1. The summed E-state index contributed by atoms with van der Waals surface area (Å²) in [5.41, 5.74) is -0.662. The summed E-state index contributed by atoms with van der Waals surface area (Å²) in [5, 5.41) is 49.8. The molecule has 1 aliphatic heterocycles. The van der Waals surface area contributed by atoms with E-state index in [1.54, 1.807) is 6.92 Å². The number of hydrogen-bond donors (Lipinski definition) is 5. The van der Waals surface area contributed by atoms with Gasteiger partial charge in [0.15, 0.2) is 6.29 Å². The van der Waals surface area contributed by atoms with E-state index in [1.165, 1.54) is 0 Å². The van der Waals surface area contributed by atoms with E-state index in [2.05, 4.69) is 6.58 Å². The Kier molecular flexibility index (Phi) is 5.84. The Morgan fingerprint density at radius 3 is 2.48 bits per heavy atom. The van der Waals surface area contributed by atoms with Gasteiger partial charge in [-0.05, 0) is 37.7 Å². The molecule has 0 aromatic rings. The molecule has 8 atom stereocenters. The minimum absolute atomic E-state index is 0.324. The maximum atomic E-state index is 10.9. The topological polar surface area (TPSA) is 120 Å². The molecule has 5 N–H and O–H groups in total. The number of ether oxygens (including phenoxy) is 2. The van der Waals surface area contributed by atoms with Gasteiger partial charge in [-0.3, -0.25) is 0 Å². The summed E-state index contributed by atoms with van der Waals surface area (Å²) in [7, 11) is 0. The smallest absolute Gasteiger partial charge is 0.187 e. The third-order valence-electron chi connectivity index (χ3n) is 5.05. The Morgan fingerprint density at radius 2 is 1.91 bits per heavy atom. The Bertz CT molecular complexity index is 427. The molecule has 1 unspecified atom stereocenters. The first kappa shape index (κ1) is 18.8. The van der Waals surface area contributed by atoms with Crippen molar-refractivity contribution in [3.8, 4) is 0 Å². The standard InChI is InChI=1S/C16H28O7/c1-8(2)16(21)5-4-9(3)6-11(16)23-15-14(20)13(19)12(18)10(7-17)22-15/h9-15,17-21H,1,4-7H2,2-3H3/t9-,10-,11+,12-,13+,14-,15+,16?/m1/s1. The van der Waals surface area contributed by atoms with Gasteiger partial charge in [0.05, 0.1) is 12.7 Å². The molecular formula is C16H28O7. The third kappa shape index (κ3) is 3.61. The molecule has 0 radical (unpaired) electrons. The van der Waals surface area contributed by atoms with Gasteiger partial charge in [0.25, 0.3) is 0 Å². The fourth-order valence-corrected chi connectivity index (χ4v) is 3.30. The van der Waals surface area contributed by atoms with Crippen LogP contribution in [0.25, 0.3) is 0 Å². The predicted octanol–water partition coefficient (Wildman–Crippen LogP) is -0.701. The lowest BCUT2D eigenvalue weighted by Crippen LogP contribution is -2.61. The summed E-state index contributed by atoms with van der Waals surface area (Å²) >= 11 is 0. The molecule has 7 heteroatoms. The lowest BCUT2D eigenvalue weighted by molar-refractivity contribution is -0.325. The minimum atomic E-state index is -1.50. The fourth-order valence-electron chi connectivity index (χ4n) is 3.30. The molecule has 1 saturated carbocycles. The fraction of sp³-hybridized carbons (Fsp3) is 0.875. The SMILES string of the molecule is C=C(C)C1(O)CC[C@@H](C)C[C@@H]1O[C@@H]1O[C@H](CO)[C@@H](O)[C@H](O)[C@H]1O. The molecular weight excluding hydrogens is 304 g/mol. The maximum absolute atomic E-state index is 10.9. The summed E-state index contributed by atoms with van der Waals surface area (Å²) in [6.45, 7) is 7.08. The van der Waals surface area contributed by atoms with Gasteiger partial charge in [0.1, 0.15) is 30.0 Å². The van der Waals surface area contributed by atoms with Crippen LogP contribution in [0.5, 0.6) is 0 Å². The largest absolute Gasteiger partial charge is 0.394 e. The van der Waals surface area contributed by atoms with Crippen LogP contribution in [0.3, 0.4) is 0 Å². The molecule has 2 aliphatic rings. The van der Waals surface area contributed by atoms with E-state index in [4.69, 9.17) is 9.47 Å². The van der Waals surface area contributed by atoms with E-state index in [0.29, 0.717) is 24.3 Å². The summed E-state index contributed by atoms with van der Waals surface area (Å²) in [6.07, 6.45) is -5.44. The first-order chi connectivity index (χ1) is 10.7. The zero-order valence-corrected chi connectivity index (χ0v) is 13.6. The highest BCUT2D eigenvalue weighted by Crippen LogP contribution is 2.39. The lowest BCUT2D eigenvalue weighted by Gasteiger charge is -2.46. The van der Waals surface area contributed by atoms with Crippen molar-refractivity contribution in [2.45, 2.75) is 75.5 Å². The molecule has 0 aromatic heterocycles. The van der Waals surface area contributed by atoms with Gasteiger partial charge in [-0.2, -0.15) is 0 Å². The molecule has 2 fully saturated rings. The van der Waals surface area contributed by atoms with Gasteiger partial charge < -0.3 is 35.0 Å². The first-order valence-corrected chi connectivity index (χ1v) is 8.05. The summed E-state index contributed by atoms with van der Waals surface area (Å²) in [5.74, 6) is 0.324. The molecule has 1 saturated heterocycles. The number of aliphatic hydroxyl groups is 5. The maximum Gasteiger partial charge on any atom is 0.187 e. The van der Waals surface area contributed by atoms with Crippen LogP contribution in [0.1, 0.15) is 33.1 Å². The van der Waals surface area contributed by atoms with Gasteiger partial charge in [0, 0.05) is 0 Å². The van der Waals surface area contributed by atoms with Crippen LogP contribution in [-0.4, -0.2) is 74.6 Å². The average Bonchev–Trinajstić information content (AvgIpc) is 2.51. The van der Waals surface area contributed by atoms with E-state index in [1.807, 2.05) is 6.92 Å². The van der Waals surface area contributed by atoms with Gasteiger partial charge in [-0.15, -0.1) is 0 Å². The normalized spacial score (nSPS) is 48.2. The van der Waals surface area contributed by atoms with E-state index >= 15 is 0 Å². The highest BCUT2D eigenvalue weighted by molar-refractivity contribution is 5.15. The van der Waals surface area contributed by atoms with E-state index < -0.39 is 49.0 Å². The Balaban J connectivity index is 2.15. The zero-order valence-electron chi connectivity index (χ0n) is 13.6. The van der Waals surface area contributed by atoms with Crippen LogP contribution in [0, 0.1) is 5.92 Å². The van der Waals surface area contributed by atoms with E-state index in [-0.39, 0.29) is 0 Å². The zero-order chi connectivity index (χ0) is 17.4. The molecule has 1 heterocycles.